The first-order valence-corrected chi connectivity index (χ1v) is 12.3. The van der Waals surface area contributed by atoms with Crippen LogP contribution in [-0.4, -0.2) is 61.6 Å². The molecule has 0 fully saturated rings. The van der Waals surface area contributed by atoms with Crippen LogP contribution in [0.3, 0.4) is 0 Å². The zero-order chi connectivity index (χ0) is 23.9. The maximum absolute atomic E-state index is 13.6. The van der Waals surface area contributed by atoms with E-state index in [0.29, 0.717) is 31.9 Å². The molecule has 1 aromatic heterocycles. The van der Waals surface area contributed by atoms with E-state index in [1.165, 1.54) is 4.88 Å². The molecule has 1 aliphatic rings. The molecular weight excluding hydrogens is 448 g/mol. The van der Waals surface area contributed by atoms with Gasteiger partial charge in [0.2, 0.25) is 5.91 Å². The summed E-state index contributed by atoms with van der Waals surface area (Å²) in [6.07, 6.45) is 0.810. The Kier molecular flexibility index (Phi) is 7.98. The van der Waals surface area contributed by atoms with Crippen LogP contribution in [0.15, 0.2) is 66.0 Å². The lowest BCUT2D eigenvalue weighted by Gasteiger charge is -2.37. The van der Waals surface area contributed by atoms with Crippen molar-refractivity contribution in [2.45, 2.75) is 19.4 Å². The summed E-state index contributed by atoms with van der Waals surface area (Å²) in [4.78, 5) is 31.4. The summed E-state index contributed by atoms with van der Waals surface area (Å²) in [5.41, 5.74) is 2.75. The first-order chi connectivity index (χ1) is 16.6. The number of amides is 2. The summed E-state index contributed by atoms with van der Waals surface area (Å²) < 4.78 is 11.4. The topological polar surface area (TPSA) is 59.1 Å². The average molecular weight is 479 g/mol. The summed E-state index contributed by atoms with van der Waals surface area (Å²) in [5, 5.41) is 2.07. The zero-order valence-electron chi connectivity index (χ0n) is 19.6. The quantitative estimate of drug-likeness (QED) is 0.459. The van der Waals surface area contributed by atoms with Gasteiger partial charge < -0.3 is 19.3 Å². The number of carbonyl (C=O) groups excluding carboxylic acids is 2. The number of fused-ring (bicyclic) bond motifs is 1. The third-order valence-electron chi connectivity index (χ3n) is 6.10. The second kappa shape index (κ2) is 11.3. The Morgan fingerprint density at radius 3 is 2.62 bits per heavy atom. The van der Waals surface area contributed by atoms with Crippen LogP contribution < -0.4 is 4.74 Å². The van der Waals surface area contributed by atoms with Crippen LogP contribution in [0.2, 0.25) is 0 Å². The highest BCUT2D eigenvalue weighted by Crippen LogP contribution is 2.34. The maximum atomic E-state index is 13.6. The second-order valence-electron chi connectivity index (χ2n) is 8.31. The van der Waals surface area contributed by atoms with Crippen LogP contribution in [0.1, 0.15) is 32.4 Å². The molecule has 2 heterocycles. The summed E-state index contributed by atoms with van der Waals surface area (Å²) in [7, 11) is 1.59. The number of ether oxygens (including phenoxy) is 2. The number of methoxy groups -OCH3 is 1. The second-order valence-corrected chi connectivity index (χ2v) is 9.31. The average Bonchev–Trinajstić information content (AvgIpc) is 3.35. The van der Waals surface area contributed by atoms with E-state index in [-0.39, 0.29) is 24.4 Å². The van der Waals surface area contributed by atoms with E-state index in [9.17, 15) is 9.59 Å². The van der Waals surface area contributed by atoms with Crippen molar-refractivity contribution in [1.82, 2.24) is 9.80 Å². The molecule has 3 aromatic rings. The van der Waals surface area contributed by atoms with E-state index >= 15 is 0 Å². The normalized spacial score (nSPS) is 15.0. The number of hydrogen-bond donors (Lipinski definition) is 0. The fraction of sp³-hybridized carbons (Fsp3) is 0.333. The van der Waals surface area contributed by atoms with Gasteiger partial charge in [-0.2, -0.15) is 0 Å². The third-order valence-corrected chi connectivity index (χ3v) is 7.10. The molecule has 4 rings (SSSR count). The Morgan fingerprint density at radius 1 is 1.09 bits per heavy atom. The van der Waals surface area contributed by atoms with Gasteiger partial charge in [-0.3, -0.25) is 9.59 Å². The number of aryl methyl sites for hydroxylation is 1. The molecule has 1 aliphatic heterocycles. The van der Waals surface area contributed by atoms with Crippen molar-refractivity contribution in [2.75, 3.05) is 40.0 Å². The Labute approximate surface area is 204 Å². The van der Waals surface area contributed by atoms with Crippen molar-refractivity contribution >= 4 is 23.2 Å². The number of hydrogen-bond acceptors (Lipinski definition) is 5. The molecule has 178 valence electrons. The summed E-state index contributed by atoms with van der Waals surface area (Å²) in [5.74, 6) is 0.556. The third kappa shape index (κ3) is 5.48. The van der Waals surface area contributed by atoms with Crippen molar-refractivity contribution in [1.29, 1.82) is 0 Å². The molecule has 0 bridgehead atoms. The van der Waals surface area contributed by atoms with Crippen molar-refractivity contribution in [3.8, 4) is 5.75 Å². The number of thiophene rings is 1. The maximum Gasteiger partial charge on any atom is 0.254 e. The van der Waals surface area contributed by atoms with Gasteiger partial charge in [0.15, 0.2) is 0 Å². The molecule has 1 unspecified atom stereocenters. The molecule has 0 saturated heterocycles. The van der Waals surface area contributed by atoms with Crippen LogP contribution in [-0.2, 0) is 16.0 Å². The summed E-state index contributed by atoms with van der Waals surface area (Å²) in [6, 6.07) is 18.8. The molecule has 0 N–H and O–H groups in total. The van der Waals surface area contributed by atoms with Crippen LogP contribution in [0.5, 0.6) is 5.75 Å². The lowest BCUT2D eigenvalue weighted by atomic mass is 10.00. The van der Waals surface area contributed by atoms with Gasteiger partial charge in [0.05, 0.1) is 12.6 Å². The minimum Gasteiger partial charge on any atom is -0.491 e. The highest BCUT2D eigenvalue weighted by Gasteiger charge is 2.33. The summed E-state index contributed by atoms with van der Waals surface area (Å²) >= 11 is 1.72. The fourth-order valence-corrected chi connectivity index (χ4v) is 5.16. The Bertz CT molecular complexity index is 1110. The minimum absolute atomic E-state index is 0.00256. The van der Waals surface area contributed by atoms with Gasteiger partial charge in [-0.25, -0.2) is 0 Å². The summed E-state index contributed by atoms with van der Waals surface area (Å²) in [6.45, 7) is 3.69. The largest absolute Gasteiger partial charge is 0.491 e. The highest BCUT2D eigenvalue weighted by molar-refractivity contribution is 7.10. The van der Waals surface area contributed by atoms with Crippen LogP contribution >= 0.6 is 11.3 Å². The van der Waals surface area contributed by atoms with E-state index in [2.05, 4.69) is 11.4 Å². The van der Waals surface area contributed by atoms with Crippen molar-refractivity contribution in [2.24, 2.45) is 0 Å². The number of benzene rings is 2. The molecular formula is C27H30N2O4S. The predicted molar refractivity (Wildman–Crippen MR) is 133 cm³/mol. The molecule has 0 radical (unpaired) electrons. The zero-order valence-corrected chi connectivity index (χ0v) is 20.4. The van der Waals surface area contributed by atoms with Gasteiger partial charge in [-0.15, -0.1) is 11.3 Å². The molecule has 1 atom stereocenters. The minimum atomic E-state index is -0.196. The highest BCUT2D eigenvalue weighted by atomic mass is 32.1. The Hall–Kier alpha value is -3.16. The number of carbonyl (C=O) groups is 2. The molecule has 2 aromatic carbocycles. The van der Waals surface area contributed by atoms with Crippen molar-refractivity contribution in [3.05, 3.63) is 87.6 Å². The molecule has 7 heteroatoms. The first-order valence-electron chi connectivity index (χ1n) is 11.5. The lowest BCUT2D eigenvalue weighted by Crippen LogP contribution is -2.48. The van der Waals surface area contributed by atoms with E-state index < -0.39 is 0 Å². The molecule has 0 saturated carbocycles. The fourth-order valence-electron chi connectivity index (χ4n) is 4.23. The van der Waals surface area contributed by atoms with Crippen molar-refractivity contribution in [3.63, 3.8) is 0 Å². The van der Waals surface area contributed by atoms with E-state index in [1.54, 1.807) is 35.5 Å². The number of nitrogens with zero attached hydrogens (tertiary/aromatic N) is 2. The number of rotatable bonds is 9. The molecule has 6 nitrogen and oxygen atoms in total. The van der Waals surface area contributed by atoms with Gasteiger partial charge in [0.1, 0.15) is 18.9 Å². The van der Waals surface area contributed by atoms with Gasteiger partial charge in [-0.05, 0) is 54.1 Å². The van der Waals surface area contributed by atoms with E-state index in [0.717, 1.165) is 23.3 Å². The number of para-hydroxylation sites is 1. The lowest BCUT2D eigenvalue weighted by molar-refractivity contribution is -0.135. The standard InChI is InChI=1S/C27H30N2O4S/c1-20-8-6-7-11-24(20)33-19-23-22-13-17-34-25(22)12-14-29(23)26(30)18-28(15-16-32-2)27(31)21-9-4-3-5-10-21/h3-11,13,17,23H,12,14-16,18-19H2,1-2H3. The van der Waals surface area contributed by atoms with Gasteiger partial charge in [-0.1, -0.05) is 36.4 Å². The predicted octanol–water partition coefficient (Wildman–Crippen LogP) is 4.35. The van der Waals surface area contributed by atoms with Crippen molar-refractivity contribution < 1.29 is 19.1 Å². The van der Waals surface area contributed by atoms with Gasteiger partial charge >= 0.3 is 0 Å². The SMILES string of the molecule is COCCN(CC(=O)N1CCc2sccc2C1COc1ccccc1C)C(=O)c1ccccc1. The monoisotopic (exact) mass is 478 g/mol. The molecule has 34 heavy (non-hydrogen) atoms. The molecule has 0 spiro atoms. The van der Waals surface area contributed by atoms with Crippen LogP contribution in [0.25, 0.3) is 0 Å². The van der Waals surface area contributed by atoms with Crippen LogP contribution in [0.4, 0.5) is 0 Å². The van der Waals surface area contributed by atoms with Gasteiger partial charge in [0.25, 0.3) is 5.91 Å². The first kappa shape index (κ1) is 24.0. The van der Waals surface area contributed by atoms with E-state index in [1.807, 2.05) is 54.3 Å². The van der Waals surface area contributed by atoms with Gasteiger partial charge in [0, 0.05) is 30.6 Å². The smallest absolute Gasteiger partial charge is 0.254 e. The Balaban J connectivity index is 1.53. The van der Waals surface area contributed by atoms with Crippen LogP contribution in [0, 0.1) is 6.92 Å². The van der Waals surface area contributed by atoms with E-state index in [4.69, 9.17) is 9.47 Å². The molecule has 2 amide bonds. The molecule has 0 aliphatic carbocycles. The Morgan fingerprint density at radius 2 is 1.85 bits per heavy atom.